The minimum Gasteiger partial charge on any atom is -0.481 e. The summed E-state index contributed by atoms with van der Waals surface area (Å²) in [7, 11) is -2.85. The number of nitrogens with zero attached hydrogens (tertiary/aromatic N) is 3. The Balaban J connectivity index is 0.000000391. The molecule has 1 aromatic carbocycles. The van der Waals surface area contributed by atoms with Crippen LogP contribution in [0.25, 0.3) is 16.6 Å². The van der Waals surface area contributed by atoms with Crippen LogP contribution in [0, 0.1) is 11.8 Å². The quantitative estimate of drug-likeness (QED) is 0.523. The van der Waals surface area contributed by atoms with Gasteiger partial charge in [-0.2, -0.15) is 5.10 Å². The van der Waals surface area contributed by atoms with Gasteiger partial charge in [0.2, 0.25) is 5.91 Å². The molecule has 190 valence electrons. The molecule has 1 amide bonds. The molecule has 1 saturated heterocycles. The molecular formula is C26H30N4O5S. The first-order valence-electron chi connectivity index (χ1n) is 12.3. The summed E-state index contributed by atoms with van der Waals surface area (Å²) in [6.45, 7) is 1.94. The molecule has 36 heavy (non-hydrogen) atoms. The van der Waals surface area contributed by atoms with E-state index in [1.807, 2.05) is 24.4 Å². The number of nitrogens with one attached hydrogen (secondary N) is 1. The molecule has 1 aliphatic heterocycles. The lowest BCUT2D eigenvalue weighted by Crippen LogP contribution is -2.39. The maximum absolute atomic E-state index is 12.0. The van der Waals surface area contributed by atoms with Gasteiger partial charge in [0.25, 0.3) is 0 Å². The number of hydrogen-bond acceptors (Lipinski definition) is 6. The number of carboxylic acids is 1. The van der Waals surface area contributed by atoms with Crippen molar-refractivity contribution in [1.29, 1.82) is 0 Å². The third-order valence-electron chi connectivity index (χ3n) is 6.74. The maximum Gasteiger partial charge on any atom is 0.306 e. The zero-order valence-electron chi connectivity index (χ0n) is 20.0. The lowest BCUT2D eigenvalue weighted by molar-refractivity contribution is -0.138. The van der Waals surface area contributed by atoms with Gasteiger partial charge in [-0.3, -0.25) is 14.5 Å². The number of pyridine rings is 1. The first kappa shape index (κ1) is 24.5. The Labute approximate surface area is 210 Å². The molecule has 3 aromatic rings. The molecule has 6 rings (SSSR count). The van der Waals surface area contributed by atoms with E-state index in [-0.39, 0.29) is 29.2 Å². The number of aromatic nitrogens is 2. The summed E-state index contributed by atoms with van der Waals surface area (Å²) in [6, 6.07) is 14.3. The molecule has 3 fully saturated rings. The van der Waals surface area contributed by atoms with Crippen LogP contribution in [0.4, 0.5) is 5.82 Å². The second kappa shape index (κ2) is 10.0. The van der Waals surface area contributed by atoms with Crippen LogP contribution >= 0.6 is 0 Å². The Morgan fingerprint density at radius 1 is 1.00 bits per heavy atom. The monoisotopic (exact) mass is 510 g/mol. The summed E-state index contributed by atoms with van der Waals surface area (Å²) in [6.07, 6.45) is 5.60. The molecule has 3 heterocycles. The lowest BCUT2D eigenvalue weighted by atomic mass is 10.0. The number of fused-ring (bicyclic) bond motifs is 1. The normalized spacial score (nSPS) is 19.3. The number of sulfone groups is 1. The van der Waals surface area contributed by atoms with Gasteiger partial charge in [-0.1, -0.05) is 30.3 Å². The van der Waals surface area contributed by atoms with Gasteiger partial charge < -0.3 is 10.4 Å². The number of amides is 1. The standard InChI is InChI=1S/C22H24N4O3S.C4H6O2/c27-22(18-7-8-18)23-21-14-20-19(2-1-9-26(20)24-21)17-5-3-16(4-6-17)15-25-10-12-30(28,29)13-11-25;5-4(6)3-1-2-3/h1-6,9,14,18H,7-8,10-13,15H2,(H,23,24,27);3H,1-2H2,(H,5,6). The number of rotatable bonds is 6. The number of carbonyl (C=O) groups excluding carboxylic acids is 1. The molecule has 0 atom stereocenters. The van der Waals surface area contributed by atoms with E-state index in [2.05, 4.69) is 39.6 Å². The third-order valence-corrected chi connectivity index (χ3v) is 8.35. The minimum atomic E-state index is -2.85. The summed E-state index contributed by atoms with van der Waals surface area (Å²) in [5.74, 6) is 0.648. The summed E-state index contributed by atoms with van der Waals surface area (Å²) in [5, 5.41) is 15.5. The molecule has 9 nitrogen and oxygen atoms in total. The Bertz CT molecular complexity index is 1360. The zero-order chi connectivity index (χ0) is 25.3. The molecular weight excluding hydrogens is 480 g/mol. The van der Waals surface area contributed by atoms with Crippen molar-refractivity contribution < 1.29 is 23.1 Å². The van der Waals surface area contributed by atoms with Gasteiger partial charge in [-0.15, -0.1) is 0 Å². The van der Waals surface area contributed by atoms with E-state index in [0.29, 0.717) is 18.9 Å². The Hall–Kier alpha value is -3.24. The Morgan fingerprint density at radius 3 is 2.25 bits per heavy atom. The van der Waals surface area contributed by atoms with Crippen LogP contribution < -0.4 is 5.32 Å². The van der Waals surface area contributed by atoms with E-state index in [0.717, 1.165) is 54.4 Å². The second-order valence-electron chi connectivity index (χ2n) is 9.78. The molecule has 0 radical (unpaired) electrons. The van der Waals surface area contributed by atoms with Gasteiger partial charge in [-0.05, 0) is 42.9 Å². The van der Waals surface area contributed by atoms with Crippen LogP contribution in [-0.2, 0) is 26.0 Å². The van der Waals surface area contributed by atoms with Crippen LogP contribution in [0.15, 0.2) is 48.7 Å². The average molecular weight is 511 g/mol. The largest absolute Gasteiger partial charge is 0.481 e. The molecule has 2 saturated carbocycles. The van der Waals surface area contributed by atoms with Gasteiger partial charge in [-0.25, -0.2) is 12.9 Å². The van der Waals surface area contributed by atoms with E-state index < -0.39 is 15.8 Å². The first-order valence-corrected chi connectivity index (χ1v) is 14.1. The highest BCUT2D eigenvalue weighted by atomic mass is 32.2. The van der Waals surface area contributed by atoms with E-state index >= 15 is 0 Å². The van der Waals surface area contributed by atoms with Crippen molar-refractivity contribution in [2.24, 2.45) is 11.8 Å². The number of carboxylic acid groups (broad SMARTS) is 1. The van der Waals surface area contributed by atoms with Gasteiger partial charge in [0.1, 0.15) is 0 Å². The fourth-order valence-electron chi connectivity index (χ4n) is 4.18. The van der Waals surface area contributed by atoms with E-state index in [9.17, 15) is 18.0 Å². The number of hydrogen-bond donors (Lipinski definition) is 2. The summed E-state index contributed by atoms with van der Waals surface area (Å²) >= 11 is 0. The van der Waals surface area contributed by atoms with E-state index in [4.69, 9.17) is 5.11 Å². The van der Waals surface area contributed by atoms with E-state index in [1.54, 1.807) is 4.52 Å². The van der Waals surface area contributed by atoms with Crippen LogP contribution in [0.1, 0.15) is 31.2 Å². The molecule has 3 aliphatic rings. The van der Waals surface area contributed by atoms with Crippen molar-refractivity contribution in [2.75, 3.05) is 29.9 Å². The lowest BCUT2D eigenvalue weighted by Gasteiger charge is -2.26. The fraction of sp³-hybridized carbons (Fsp3) is 0.423. The highest BCUT2D eigenvalue weighted by Crippen LogP contribution is 2.31. The van der Waals surface area contributed by atoms with Gasteiger partial charge in [0, 0.05) is 43.4 Å². The molecule has 0 unspecified atom stereocenters. The van der Waals surface area contributed by atoms with Crippen LogP contribution in [0.5, 0.6) is 0 Å². The van der Waals surface area contributed by atoms with Gasteiger partial charge >= 0.3 is 5.97 Å². The van der Waals surface area contributed by atoms with E-state index in [1.165, 1.54) is 0 Å². The molecule has 10 heteroatoms. The molecule has 2 aliphatic carbocycles. The van der Waals surface area contributed by atoms with Crippen LogP contribution in [0.3, 0.4) is 0 Å². The van der Waals surface area contributed by atoms with Crippen molar-refractivity contribution in [3.8, 4) is 11.1 Å². The number of carbonyl (C=O) groups is 2. The summed E-state index contributed by atoms with van der Waals surface area (Å²) in [4.78, 5) is 24.0. The van der Waals surface area contributed by atoms with Crippen molar-refractivity contribution >= 4 is 33.0 Å². The summed E-state index contributed by atoms with van der Waals surface area (Å²) < 4.78 is 25.0. The smallest absolute Gasteiger partial charge is 0.306 e. The molecule has 2 N–H and O–H groups in total. The highest BCUT2D eigenvalue weighted by Gasteiger charge is 2.30. The van der Waals surface area contributed by atoms with Crippen LogP contribution in [-0.4, -0.2) is 64.5 Å². The third kappa shape index (κ3) is 6.11. The number of aliphatic carboxylic acids is 1. The minimum absolute atomic E-state index is 0.0185. The second-order valence-corrected chi connectivity index (χ2v) is 12.1. The zero-order valence-corrected chi connectivity index (χ0v) is 20.8. The molecule has 0 bridgehead atoms. The molecule has 2 aromatic heterocycles. The fourth-order valence-corrected chi connectivity index (χ4v) is 5.46. The highest BCUT2D eigenvalue weighted by molar-refractivity contribution is 7.91. The molecule has 0 spiro atoms. The topological polar surface area (TPSA) is 121 Å². The van der Waals surface area contributed by atoms with Crippen molar-refractivity contribution in [2.45, 2.75) is 32.2 Å². The number of benzene rings is 1. The SMILES string of the molecule is O=C(Nc1cc2c(-c3ccc(CN4CCS(=O)(=O)CC4)cc3)cccn2n1)C1CC1.O=C(O)C1CC1. The van der Waals surface area contributed by atoms with Gasteiger partial charge in [0.05, 0.1) is 22.9 Å². The van der Waals surface area contributed by atoms with Crippen molar-refractivity contribution in [3.63, 3.8) is 0 Å². The first-order chi connectivity index (χ1) is 17.3. The summed E-state index contributed by atoms with van der Waals surface area (Å²) in [5.41, 5.74) is 4.23. The van der Waals surface area contributed by atoms with Crippen molar-refractivity contribution in [1.82, 2.24) is 14.5 Å². The van der Waals surface area contributed by atoms with Gasteiger partial charge in [0.15, 0.2) is 15.7 Å². The number of anilines is 1. The Morgan fingerprint density at radius 2 is 1.67 bits per heavy atom. The average Bonchev–Trinajstić information content (AvgIpc) is 3.77. The predicted molar refractivity (Wildman–Crippen MR) is 136 cm³/mol. The van der Waals surface area contributed by atoms with Crippen LogP contribution in [0.2, 0.25) is 0 Å². The Kier molecular flexibility index (Phi) is 6.81. The predicted octanol–water partition coefficient (Wildman–Crippen LogP) is 3.06. The maximum atomic E-state index is 12.0. The van der Waals surface area contributed by atoms with Crippen molar-refractivity contribution in [3.05, 3.63) is 54.2 Å².